The largest absolute Gasteiger partial charge is 0.287 e. The third-order valence-corrected chi connectivity index (χ3v) is 4.11. The molecule has 5 heteroatoms. The van der Waals surface area contributed by atoms with Gasteiger partial charge in [0.05, 0.1) is 0 Å². The zero-order valence-electron chi connectivity index (χ0n) is 8.70. The van der Waals surface area contributed by atoms with Gasteiger partial charge in [-0.1, -0.05) is 23.5 Å². The molecule has 2 saturated heterocycles. The summed E-state index contributed by atoms with van der Waals surface area (Å²) in [6.45, 7) is 0. The molecule has 2 aliphatic rings. The van der Waals surface area contributed by atoms with Gasteiger partial charge < -0.3 is 0 Å². The Hall–Kier alpha value is 0.330. The van der Waals surface area contributed by atoms with Crippen molar-refractivity contribution in [2.75, 3.05) is 11.5 Å². The van der Waals surface area contributed by atoms with E-state index >= 15 is 0 Å². The Balaban J connectivity index is 0.000000245. The monoisotopic (exact) mass is 268 g/mol. The van der Waals surface area contributed by atoms with Gasteiger partial charge in [-0.25, -0.2) is 0 Å². The highest BCUT2D eigenvalue weighted by Gasteiger charge is 2.07. The lowest BCUT2D eigenvalue weighted by Gasteiger charge is -2.04. The van der Waals surface area contributed by atoms with Gasteiger partial charge in [-0.05, 0) is 25.7 Å². The van der Waals surface area contributed by atoms with Crippen LogP contribution in [0, 0.1) is 0 Å². The van der Waals surface area contributed by atoms with E-state index < -0.39 is 0 Å². The molecule has 2 nitrogen and oxygen atoms in total. The van der Waals surface area contributed by atoms with Crippen molar-refractivity contribution in [1.29, 1.82) is 0 Å². The van der Waals surface area contributed by atoms with Crippen LogP contribution in [-0.2, 0) is 9.59 Å². The molecule has 0 aromatic rings. The number of carbonyl (C=O) groups excluding carboxylic acids is 2. The zero-order chi connectivity index (χ0) is 10.2. The molecule has 88 valence electrons. The summed E-state index contributed by atoms with van der Waals surface area (Å²) in [6.07, 6.45) is 6.32. The molecule has 0 saturated carbocycles. The van der Waals surface area contributed by atoms with Gasteiger partial charge in [0.25, 0.3) is 0 Å². The van der Waals surface area contributed by atoms with Crippen LogP contribution in [0.5, 0.6) is 0 Å². The van der Waals surface area contributed by atoms with Crippen LogP contribution >= 0.6 is 35.9 Å². The number of hydrogen-bond acceptors (Lipinski definition) is 4. The molecular weight excluding hydrogens is 252 g/mol. The Kier molecular flexibility index (Phi) is 9.76. The van der Waals surface area contributed by atoms with Gasteiger partial charge in [0.2, 0.25) is 0 Å². The number of halogens is 1. The summed E-state index contributed by atoms with van der Waals surface area (Å²) in [4.78, 5) is 20.9. The van der Waals surface area contributed by atoms with E-state index in [2.05, 4.69) is 0 Å². The molecule has 2 heterocycles. The molecule has 0 aromatic heterocycles. The average molecular weight is 269 g/mol. The van der Waals surface area contributed by atoms with Crippen LogP contribution in [0.3, 0.4) is 0 Å². The first-order valence-electron chi connectivity index (χ1n) is 5.10. The van der Waals surface area contributed by atoms with Crippen molar-refractivity contribution < 1.29 is 9.59 Å². The number of carbonyl (C=O) groups is 2. The molecule has 0 radical (unpaired) electrons. The van der Waals surface area contributed by atoms with Crippen molar-refractivity contribution in [3.05, 3.63) is 0 Å². The summed E-state index contributed by atoms with van der Waals surface area (Å²) in [7, 11) is 0. The lowest BCUT2D eigenvalue weighted by atomic mass is 10.3. The predicted molar refractivity (Wildman–Crippen MR) is 69.9 cm³/mol. The smallest absolute Gasteiger partial charge is 0.188 e. The number of rotatable bonds is 0. The van der Waals surface area contributed by atoms with Gasteiger partial charge in [-0.2, -0.15) is 0 Å². The summed E-state index contributed by atoms with van der Waals surface area (Å²) in [5, 5.41) is 0.762. The molecule has 0 bridgehead atoms. The first kappa shape index (κ1) is 15.3. The SMILES string of the molecule is Cl.O=C1CCCCS1.O=C1CCCCS1. The fourth-order valence-corrected chi connectivity index (χ4v) is 2.99. The number of hydrogen-bond donors (Lipinski definition) is 0. The molecule has 0 amide bonds. The molecule has 15 heavy (non-hydrogen) atoms. The third-order valence-electron chi connectivity index (χ3n) is 2.08. The molecule has 0 atom stereocenters. The standard InChI is InChI=1S/2C5H8OS.ClH/c2*6-5-3-1-2-4-7-5;/h2*1-4H2;1H. The maximum Gasteiger partial charge on any atom is 0.188 e. The van der Waals surface area contributed by atoms with Crippen molar-refractivity contribution >= 4 is 46.2 Å². The lowest BCUT2D eigenvalue weighted by molar-refractivity contribution is -0.112. The highest BCUT2D eigenvalue weighted by molar-refractivity contribution is 8.13. The van der Waals surface area contributed by atoms with E-state index in [4.69, 9.17) is 0 Å². The maximum absolute atomic E-state index is 10.4. The maximum atomic E-state index is 10.4. The Bertz CT molecular complexity index is 172. The second-order valence-electron chi connectivity index (χ2n) is 3.36. The second kappa shape index (κ2) is 9.55. The van der Waals surface area contributed by atoms with E-state index in [1.54, 1.807) is 0 Å². The molecule has 2 fully saturated rings. The van der Waals surface area contributed by atoms with Crippen LogP contribution in [0.25, 0.3) is 0 Å². The molecule has 0 aromatic carbocycles. The minimum atomic E-state index is 0. The third kappa shape index (κ3) is 8.17. The Morgan fingerprint density at radius 2 is 1.13 bits per heavy atom. The molecule has 0 unspecified atom stereocenters. The quantitative estimate of drug-likeness (QED) is 0.675. The summed E-state index contributed by atoms with van der Waals surface area (Å²) >= 11 is 2.96. The summed E-state index contributed by atoms with van der Waals surface area (Å²) in [5.74, 6) is 2.11. The van der Waals surface area contributed by atoms with E-state index in [0.29, 0.717) is 10.2 Å². The van der Waals surface area contributed by atoms with Gasteiger partial charge >= 0.3 is 0 Å². The highest BCUT2D eigenvalue weighted by Crippen LogP contribution is 2.17. The number of thioether (sulfide) groups is 2. The van der Waals surface area contributed by atoms with Crippen molar-refractivity contribution in [2.45, 2.75) is 38.5 Å². The molecular formula is C10H17ClO2S2. The van der Waals surface area contributed by atoms with Crippen LogP contribution in [0.2, 0.25) is 0 Å². The van der Waals surface area contributed by atoms with Crippen LogP contribution in [0.1, 0.15) is 38.5 Å². The van der Waals surface area contributed by atoms with Gasteiger partial charge in [0, 0.05) is 24.3 Å². The van der Waals surface area contributed by atoms with Crippen molar-refractivity contribution in [3.8, 4) is 0 Å². The normalized spacial score (nSPS) is 21.1. The van der Waals surface area contributed by atoms with Gasteiger partial charge in [0.1, 0.15) is 0 Å². The van der Waals surface area contributed by atoms with Gasteiger partial charge in [0.15, 0.2) is 10.2 Å². The van der Waals surface area contributed by atoms with Crippen LogP contribution < -0.4 is 0 Å². The fraction of sp³-hybridized carbons (Fsp3) is 0.800. The van der Waals surface area contributed by atoms with E-state index in [0.717, 1.165) is 37.2 Å². The van der Waals surface area contributed by atoms with E-state index in [1.165, 1.54) is 36.4 Å². The highest BCUT2D eigenvalue weighted by atomic mass is 35.5. The Morgan fingerprint density at radius 3 is 1.27 bits per heavy atom. The molecule has 2 aliphatic heterocycles. The van der Waals surface area contributed by atoms with E-state index in [1.807, 2.05) is 0 Å². The Labute approximate surface area is 106 Å². The first-order chi connectivity index (χ1) is 6.79. The van der Waals surface area contributed by atoms with Crippen molar-refractivity contribution in [1.82, 2.24) is 0 Å². The van der Waals surface area contributed by atoms with Crippen LogP contribution in [-0.4, -0.2) is 21.7 Å². The second-order valence-corrected chi connectivity index (χ2v) is 5.66. The van der Waals surface area contributed by atoms with E-state index in [9.17, 15) is 9.59 Å². The summed E-state index contributed by atoms with van der Waals surface area (Å²) in [6, 6.07) is 0. The molecule has 0 aliphatic carbocycles. The zero-order valence-corrected chi connectivity index (χ0v) is 11.1. The molecule has 0 N–H and O–H groups in total. The molecule has 0 spiro atoms. The Morgan fingerprint density at radius 1 is 0.733 bits per heavy atom. The minimum absolute atomic E-state index is 0. The first-order valence-corrected chi connectivity index (χ1v) is 7.07. The fourth-order valence-electron chi connectivity index (χ4n) is 1.26. The topological polar surface area (TPSA) is 34.1 Å². The van der Waals surface area contributed by atoms with Crippen LogP contribution in [0.15, 0.2) is 0 Å². The van der Waals surface area contributed by atoms with Crippen LogP contribution in [0.4, 0.5) is 0 Å². The summed E-state index contributed by atoms with van der Waals surface area (Å²) < 4.78 is 0. The van der Waals surface area contributed by atoms with Crippen molar-refractivity contribution in [2.24, 2.45) is 0 Å². The predicted octanol–water partition coefficient (Wildman–Crippen LogP) is 3.28. The lowest BCUT2D eigenvalue weighted by Crippen LogP contribution is -1.99. The van der Waals surface area contributed by atoms with E-state index in [-0.39, 0.29) is 12.4 Å². The van der Waals surface area contributed by atoms with Crippen molar-refractivity contribution in [3.63, 3.8) is 0 Å². The van der Waals surface area contributed by atoms with Gasteiger partial charge in [-0.3, -0.25) is 9.59 Å². The average Bonchev–Trinajstić information content (AvgIpc) is 2.21. The summed E-state index contributed by atoms with van der Waals surface area (Å²) in [5.41, 5.74) is 0. The minimum Gasteiger partial charge on any atom is -0.287 e. The molecule has 2 rings (SSSR count). The van der Waals surface area contributed by atoms with Gasteiger partial charge in [-0.15, -0.1) is 12.4 Å².